The highest BCUT2D eigenvalue weighted by molar-refractivity contribution is 5.80. The molecule has 0 radical (unpaired) electrons. The third-order valence-corrected chi connectivity index (χ3v) is 3.89. The van der Waals surface area contributed by atoms with E-state index in [1.807, 2.05) is 0 Å². The molecule has 1 saturated carbocycles. The largest absolute Gasteiger partial charge is 0.409 e. The second-order valence-corrected chi connectivity index (χ2v) is 5.90. The van der Waals surface area contributed by atoms with Gasteiger partial charge in [-0.1, -0.05) is 31.1 Å². The maximum atomic E-state index is 8.64. The maximum Gasteiger partial charge on any atom is 0.139 e. The average Bonchev–Trinajstić information content (AvgIpc) is 3.17. The second-order valence-electron chi connectivity index (χ2n) is 5.90. The Bertz CT molecular complexity index is 447. The number of nitrogens with two attached hydrogens (primary N) is 1. The second kappa shape index (κ2) is 5.51. The summed E-state index contributed by atoms with van der Waals surface area (Å²) in [5.74, 6) is 0.888. The molecule has 4 nitrogen and oxygen atoms in total. The molecule has 1 aromatic rings. The van der Waals surface area contributed by atoms with Crippen LogP contribution in [0.25, 0.3) is 0 Å². The molecule has 1 fully saturated rings. The van der Waals surface area contributed by atoms with Crippen molar-refractivity contribution in [1.82, 2.24) is 0 Å². The summed E-state index contributed by atoms with van der Waals surface area (Å²) in [5, 5.41) is 15.2. The van der Waals surface area contributed by atoms with Crippen molar-refractivity contribution in [3.63, 3.8) is 0 Å². The SMILES string of the molecule is CC(C)c1ccc(NCC2(CC(N)=NO)CC2)cc1. The first-order valence-electron chi connectivity index (χ1n) is 6.85. The molecule has 0 saturated heterocycles. The van der Waals surface area contributed by atoms with Gasteiger partial charge in [0.2, 0.25) is 0 Å². The Kier molecular flexibility index (Phi) is 3.98. The summed E-state index contributed by atoms with van der Waals surface area (Å²) in [4.78, 5) is 0. The smallest absolute Gasteiger partial charge is 0.139 e. The number of nitrogens with one attached hydrogen (secondary N) is 1. The molecule has 4 N–H and O–H groups in total. The van der Waals surface area contributed by atoms with E-state index in [0.717, 1.165) is 25.1 Å². The van der Waals surface area contributed by atoms with Crippen LogP contribution in [0.3, 0.4) is 0 Å². The standard InChI is InChI=1S/C15H23N3O/c1-11(2)12-3-5-13(6-4-12)17-10-15(7-8-15)9-14(16)18-19/h3-6,11,17,19H,7-10H2,1-2H3,(H2,16,18). The van der Waals surface area contributed by atoms with E-state index in [-0.39, 0.29) is 5.41 Å². The fourth-order valence-corrected chi connectivity index (χ4v) is 2.29. The molecule has 0 atom stereocenters. The zero-order valence-electron chi connectivity index (χ0n) is 11.7. The molecule has 0 unspecified atom stereocenters. The van der Waals surface area contributed by atoms with Gasteiger partial charge in [-0.15, -0.1) is 0 Å². The Hall–Kier alpha value is -1.71. The van der Waals surface area contributed by atoms with Gasteiger partial charge >= 0.3 is 0 Å². The predicted octanol–water partition coefficient (Wildman–Crippen LogP) is 3.14. The lowest BCUT2D eigenvalue weighted by atomic mass is 10.0. The molecule has 0 amide bonds. The van der Waals surface area contributed by atoms with Crippen LogP contribution in [-0.4, -0.2) is 17.6 Å². The Labute approximate surface area is 114 Å². The molecule has 0 bridgehead atoms. The summed E-state index contributed by atoms with van der Waals surface area (Å²) in [7, 11) is 0. The Morgan fingerprint density at radius 2 is 2.00 bits per heavy atom. The molecular weight excluding hydrogens is 238 g/mol. The summed E-state index contributed by atoms with van der Waals surface area (Å²) >= 11 is 0. The molecule has 104 valence electrons. The van der Waals surface area contributed by atoms with Crippen molar-refractivity contribution < 1.29 is 5.21 Å². The van der Waals surface area contributed by atoms with Crippen molar-refractivity contribution in [1.29, 1.82) is 0 Å². The number of amidine groups is 1. The minimum atomic E-state index is 0.188. The molecule has 19 heavy (non-hydrogen) atoms. The molecule has 0 spiro atoms. The number of anilines is 1. The van der Waals surface area contributed by atoms with Crippen molar-refractivity contribution in [2.45, 2.75) is 39.0 Å². The van der Waals surface area contributed by atoms with Gasteiger partial charge in [0.15, 0.2) is 0 Å². The molecule has 0 heterocycles. The number of oxime groups is 1. The summed E-state index contributed by atoms with van der Waals surface area (Å²) < 4.78 is 0. The number of hydrogen-bond donors (Lipinski definition) is 3. The Morgan fingerprint density at radius 1 is 1.37 bits per heavy atom. The lowest BCUT2D eigenvalue weighted by Gasteiger charge is -2.16. The van der Waals surface area contributed by atoms with Gasteiger partial charge < -0.3 is 16.3 Å². The van der Waals surface area contributed by atoms with E-state index in [1.54, 1.807) is 0 Å². The molecule has 2 rings (SSSR count). The topological polar surface area (TPSA) is 70.6 Å². The van der Waals surface area contributed by atoms with E-state index >= 15 is 0 Å². The van der Waals surface area contributed by atoms with Crippen molar-refractivity contribution in [3.05, 3.63) is 29.8 Å². The minimum absolute atomic E-state index is 0.188. The fourth-order valence-electron chi connectivity index (χ4n) is 2.29. The lowest BCUT2D eigenvalue weighted by molar-refractivity contribution is 0.315. The molecule has 1 aromatic carbocycles. The summed E-state index contributed by atoms with van der Waals surface area (Å²) in [6.45, 7) is 5.27. The van der Waals surface area contributed by atoms with E-state index in [1.165, 1.54) is 5.56 Å². The van der Waals surface area contributed by atoms with Crippen LogP contribution in [0.4, 0.5) is 5.69 Å². The highest BCUT2D eigenvalue weighted by atomic mass is 16.4. The van der Waals surface area contributed by atoms with Crippen LogP contribution in [0.15, 0.2) is 29.4 Å². The van der Waals surface area contributed by atoms with Gasteiger partial charge in [-0.3, -0.25) is 0 Å². The highest BCUT2D eigenvalue weighted by Gasteiger charge is 2.43. The third-order valence-electron chi connectivity index (χ3n) is 3.89. The van der Waals surface area contributed by atoms with Crippen molar-refractivity contribution in [2.75, 3.05) is 11.9 Å². The summed E-state index contributed by atoms with van der Waals surface area (Å²) in [6, 6.07) is 8.57. The van der Waals surface area contributed by atoms with Gasteiger partial charge in [0.05, 0.1) is 0 Å². The van der Waals surface area contributed by atoms with Gasteiger partial charge in [0, 0.05) is 18.7 Å². The van der Waals surface area contributed by atoms with Crippen LogP contribution in [0.1, 0.15) is 44.6 Å². The molecule has 1 aliphatic rings. The van der Waals surface area contributed by atoms with Crippen LogP contribution in [0.2, 0.25) is 0 Å². The van der Waals surface area contributed by atoms with Gasteiger partial charge in [-0.2, -0.15) is 0 Å². The van der Waals surface area contributed by atoms with Gasteiger partial charge in [-0.05, 0) is 41.9 Å². The van der Waals surface area contributed by atoms with E-state index in [0.29, 0.717) is 18.2 Å². The van der Waals surface area contributed by atoms with E-state index in [4.69, 9.17) is 10.9 Å². The van der Waals surface area contributed by atoms with Crippen molar-refractivity contribution in [2.24, 2.45) is 16.3 Å². The monoisotopic (exact) mass is 261 g/mol. The van der Waals surface area contributed by atoms with Crippen LogP contribution < -0.4 is 11.1 Å². The first kappa shape index (κ1) is 13.7. The number of hydrogen-bond acceptors (Lipinski definition) is 3. The maximum absolute atomic E-state index is 8.64. The van der Waals surface area contributed by atoms with Crippen LogP contribution in [0, 0.1) is 5.41 Å². The van der Waals surface area contributed by atoms with Crippen molar-refractivity contribution >= 4 is 11.5 Å². The Morgan fingerprint density at radius 3 is 2.47 bits per heavy atom. The summed E-state index contributed by atoms with van der Waals surface area (Å²) in [6.07, 6.45) is 2.95. The normalized spacial score (nSPS) is 17.5. The summed E-state index contributed by atoms with van der Waals surface area (Å²) in [5.41, 5.74) is 8.27. The Balaban J connectivity index is 1.88. The van der Waals surface area contributed by atoms with Crippen LogP contribution in [-0.2, 0) is 0 Å². The number of rotatable bonds is 6. The molecule has 0 aliphatic heterocycles. The lowest BCUT2D eigenvalue weighted by Crippen LogP contribution is -2.23. The molecular formula is C15H23N3O. The van der Waals surface area contributed by atoms with E-state index < -0.39 is 0 Å². The highest BCUT2D eigenvalue weighted by Crippen LogP contribution is 2.48. The fraction of sp³-hybridized carbons (Fsp3) is 0.533. The zero-order chi connectivity index (χ0) is 13.9. The number of benzene rings is 1. The minimum Gasteiger partial charge on any atom is -0.409 e. The zero-order valence-corrected chi connectivity index (χ0v) is 11.7. The van der Waals surface area contributed by atoms with Gasteiger partial charge in [0.25, 0.3) is 0 Å². The van der Waals surface area contributed by atoms with Crippen LogP contribution >= 0.6 is 0 Å². The van der Waals surface area contributed by atoms with Gasteiger partial charge in [0.1, 0.15) is 5.84 Å². The molecule has 0 aromatic heterocycles. The van der Waals surface area contributed by atoms with Crippen LogP contribution in [0.5, 0.6) is 0 Å². The molecule has 1 aliphatic carbocycles. The average molecular weight is 261 g/mol. The predicted molar refractivity (Wildman–Crippen MR) is 78.7 cm³/mol. The van der Waals surface area contributed by atoms with E-state index in [2.05, 4.69) is 48.6 Å². The first-order valence-corrected chi connectivity index (χ1v) is 6.85. The molecule has 4 heteroatoms. The van der Waals surface area contributed by atoms with E-state index in [9.17, 15) is 0 Å². The third kappa shape index (κ3) is 3.63. The quantitative estimate of drug-likeness (QED) is 0.319. The van der Waals surface area contributed by atoms with Crippen molar-refractivity contribution in [3.8, 4) is 0 Å². The van der Waals surface area contributed by atoms with Gasteiger partial charge in [-0.25, -0.2) is 0 Å². The first-order chi connectivity index (χ1) is 9.04. The number of nitrogens with zero attached hydrogens (tertiary/aromatic N) is 1.